The van der Waals surface area contributed by atoms with E-state index in [2.05, 4.69) is 12.6 Å². The third-order valence-electron chi connectivity index (χ3n) is 5.27. The van der Waals surface area contributed by atoms with Crippen molar-refractivity contribution in [1.29, 1.82) is 0 Å². The Morgan fingerprint density at radius 2 is 1.72 bits per heavy atom. The van der Waals surface area contributed by atoms with Gasteiger partial charge >= 0.3 is 0 Å². The van der Waals surface area contributed by atoms with E-state index in [4.69, 9.17) is 16.3 Å². The summed E-state index contributed by atoms with van der Waals surface area (Å²) in [6.45, 7) is 0.325. The van der Waals surface area contributed by atoms with E-state index in [9.17, 15) is 9.59 Å². The van der Waals surface area contributed by atoms with E-state index in [0.717, 1.165) is 16.7 Å². The molecule has 0 atom stereocenters. The van der Waals surface area contributed by atoms with E-state index >= 15 is 0 Å². The Morgan fingerprint density at radius 1 is 1.03 bits per heavy atom. The fraction of sp³-hybridized carbons (Fsp3) is 0.167. The highest BCUT2D eigenvalue weighted by atomic mass is 35.5. The first-order valence-electron chi connectivity index (χ1n) is 9.83. The second-order valence-electron chi connectivity index (χ2n) is 7.42. The molecule has 1 fully saturated rings. The zero-order valence-corrected chi connectivity index (χ0v) is 20.0. The van der Waals surface area contributed by atoms with Gasteiger partial charge in [0.2, 0.25) is 0 Å². The van der Waals surface area contributed by atoms with Crippen LogP contribution in [-0.2, 0) is 16.2 Å². The molecule has 2 aromatic carbocycles. The Labute approximate surface area is 201 Å². The second-order valence-corrected chi connectivity index (χ2v) is 9.09. The predicted octanol–water partition coefficient (Wildman–Crippen LogP) is 5.17. The molecule has 164 valence electrons. The summed E-state index contributed by atoms with van der Waals surface area (Å²) < 4.78 is 6.07. The molecule has 2 amide bonds. The highest BCUT2D eigenvalue weighted by molar-refractivity contribution is 7.80. The first-order chi connectivity index (χ1) is 15.3. The van der Waals surface area contributed by atoms with E-state index in [1.165, 1.54) is 9.80 Å². The van der Waals surface area contributed by atoms with Gasteiger partial charge in [0.25, 0.3) is 11.8 Å². The van der Waals surface area contributed by atoms with Crippen LogP contribution in [0.2, 0.25) is 5.02 Å². The number of benzene rings is 2. The molecule has 2 heterocycles. The first kappa shape index (κ1) is 22.5. The molecular formula is C24H21ClN2O3S2. The summed E-state index contributed by atoms with van der Waals surface area (Å²) in [6, 6.07) is 15.2. The van der Waals surface area contributed by atoms with Crippen molar-refractivity contribution in [2.45, 2.75) is 12.1 Å². The standard InChI is InChI=1S/C24H21ClN2O3S2/c1-26-22(28)20(23(29)27(2)24(26)31)12-18-11-16(17-9-10-32-14-17)5-8-21(18)30-13-15-3-6-19(25)7-4-15/h3-12,14,24,31H,13H2,1-2H3. The molecule has 0 unspecified atom stereocenters. The lowest BCUT2D eigenvalue weighted by Gasteiger charge is -2.37. The molecule has 0 radical (unpaired) electrons. The van der Waals surface area contributed by atoms with Crippen molar-refractivity contribution in [2.24, 2.45) is 0 Å². The maximum atomic E-state index is 12.8. The van der Waals surface area contributed by atoms with Crippen molar-refractivity contribution in [1.82, 2.24) is 9.80 Å². The van der Waals surface area contributed by atoms with Gasteiger partial charge in [0.1, 0.15) is 17.9 Å². The van der Waals surface area contributed by atoms with Crippen LogP contribution in [0.5, 0.6) is 5.75 Å². The molecule has 8 heteroatoms. The normalized spacial score (nSPS) is 16.5. The Balaban J connectivity index is 1.72. The summed E-state index contributed by atoms with van der Waals surface area (Å²) in [5.74, 6) is -0.180. The van der Waals surface area contributed by atoms with Crippen molar-refractivity contribution in [3.8, 4) is 16.9 Å². The highest BCUT2D eigenvalue weighted by Crippen LogP contribution is 2.32. The van der Waals surface area contributed by atoms with Gasteiger partial charge in [-0.3, -0.25) is 9.59 Å². The molecule has 1 aromatic heterocycles. The fourth-order valence-corrected chi connectivity index (χ4v) is 4.36. The second kappa shape index (κ2) is 9.40. The predicted molar refractivity (Wildman–Crippen MR) is 132 cm³/mol. The number of rotatable bonds is 5. The average Bonchev–Trinajstić information content (AvgIpc) is 3.34. The van der Waals surface area contributed by atoms with Crippen LogP contribution < -0.4 is 4.74 Å². The zero-order chi connectivity index (χ0) is 22.8. The Hall–Kier alpha value is -2.74. The minimum atomic E-state index is -0.607. The van der Waals surface area contributed by atoms with Gasteiger partial charge in [-0.25, -0.2) is 0 Å². The molecule has 1 saturated heterocycles. The van der Waals surface area contributed by atoms with Crippen molar-refractivity contribution in [3.63, 3.8) is 0 Å². The van der Waals surface area contributed by atoms with Crippen LogP contribution in [0.4, 0.5) is 0 Å². The smallest absolute Gasteiger partial charge is 0.261 e. The van der Waals surface area contributed by atoms with Gasteiger partial charge in [0.15, 0.2) is 5.50 Å². The third-order valence-corrected chi connectivity index (χ3v) is 6.89. The highest BCUT2D eigenvalue weighted by Gasteiger charge is 2.37. The largest absolute Gasteiger partial charge is 0.488 e. The van der Waals surface area contributed by atoms with E-state index in [1.807, 2.05) is 59.3 Å². The summed E-state index contributed by atoms with van der Waals surface area (Å²) in [5, 5.41) is 4.71. The molecule has 1 aliphatic heterocycles. The van der Waals surface area contributed by atoms with E-state index in [-0.39, 0.29) is 17.4 Å². The molecular weight excluding hydrogens is 464 g/mol. The monoisotopic (exact) mass is 484 g/mol. The Morgan fingerprint density at radius 3 is 2.34 bits per heavy atom. The Kier molecular flexibility index (Phi) is 6.60. The van der Waals surface area contributed by atoms with E-state index in [1.54, 1.807) is 31.5 Å². The SMILES string of the molecule is CN1C(=O)C(=Cc2cc(-c3ccsc3)ccc2OCc2ccc(Cl)cc2)C(=O)N(C)C1S. The molecule has 0 bridgehead atoms. The number of ether oxygens (including phenoxy) is 1. The Bertz CT molecular complexity index is 1150. The number of amides is 2. The minimum absolute atomic E-state index is 0.0686. The number of nitrogens with zero attached hydrogens (tertiary/aromatic N) is 2. The van der Waals surface area contributed by atoms with Crippen LogP contribution >= 0.6 is 35.6 Å². The summed E-state index contributed by atoms with van der Waals surface area (Å²) in [4.78, 5) is 28.5. The summed E-state index contributed by atoms with van der Waals surface area (Å²) >= 11 is 11.9. The van der Waals surface area contributed by atoms with E-state index in [0.29, 0.717) is 22.9 Å². The van der Waals surface area contributed by atoms with Gasteiger partial charge in [-0.05, 0) is 63.9 Å². The van der Waals surface area contributed by atoms with Gasteiger partial charge in [-0.15, -0.1) is 12.6 Å². The van der Waals surface area contributed by atoms with Gasteiger partial charge in [0, 0.05) is 24.7 Å². The van der Waals surface area contributed by atoms with Crippen molar-refractivity contribution in [2.75, 3.05) is 14.1 Å². The van der Waals surface area contributed by atoms with Gasteiger partial charge in [0.05, 0.1) is 0 Å². The lowest BCUT2D eigenvalue weighted by atomic mass is 10.0. The third kappa shape index (κ3) is 4.55. The summed E-state index contributed by atoms with van der Waals surface area (Å²) in [7, 11) is 3.24. The lowest BCUT2D eigenvalue weighted by molar-refractivity contribution is -0.142. The molecule has 4 rings (SSSR count). The zero-order valence-electron chi connectivity index (χ0n) is 17.5. The van der Waals surface area contributed by atoms with Crippen LogP contribution in [0, 0.1) is 0 Å². The molecule has 32 heavy (non-hydrogen) atoms. The maximum Gasteiger partial charge on any atom is 0.261 e. The van der Waals surface area contributed by atoms with Crippen molar-refractivity contribution in [3.05, 3.63) is 81.0 Å². The number of halogens is 1. The number of likely N-dealkylation sites (N-methyl/N-ethyl adjacent to an activating group) is 2. The topological polar surface area (TPSA) is 49.9 Å². The van der Waals surface area contributed by atoms with Gasteiger partial charge < -0.3 is 14.5 Å². The molecule has 0 spiro atoms. The molecule has 0 aliphatic carbocycles. The van der Waals surface area contributed by atoms with E-state index < -0.39 is 5.50 Å². The number of carbonyl (C=O) groups is 2. The quantitative estimate of drug-likeness (QED) is 0.308. The number of hydrogen-bond donors (Lipinski definition) is 1. The molecule has 5 nitrogen and oxygen atoms in total. The van der Waals surface area contributed by atoms with Gasteiger partial charge in [-0.1, -0.05) is 29.8 Å². The fourth-order valence-electron chi connectivity index (χ4n) is 3.36. The van der Waals surface area contributed by atoms with Crippen molar-refractivity contribution >= 4 is 53.5 Å². The maximum absolute atomic E-state index is 12.8. The number of carbonyl (C=O) groups excluding carboxylic acids is 2. The molecule has 3 aromatic rings. The van der Waals surface area contributed by atoms with Crippen LogP contribution in [0.25, 0.3) is 17.2 Å². The summed E-state index contributed by atoms with van der Waals surface area (Å²) in [5.41, 5.74) is 3.10. The number of thiophene rings is 1. The lowest BCUT2D eigenvalue weighted by Crippen LogP contribution is -2.54. The number of hydrogen-bond acceptors (Lipinski definition) is 5. The molecule has 0 N–H and O–H groups in total. The molecule has 1 aliphatic rings. The molecule has 0 saturated carbocycles. The first-order valence-corrected chi connectivity index (χ1v) is 11.7. The van der Waals surface area contributed by atoms with Crippen molar-refractivity contribution < 1.29 is 14.3 Å². The van der Waals surface area contributed by atoms with Crippen LogP contribution in [0.1, 0.15) is 11.1 Å². The minimum Gasteiger partial charge on any atom is -0.488 e. The average molecular weight is 485 g/mol. The van der Waals surface area contributed by atoms with Crippen LogP contribution in [0.3, 0.4) is 0 Å². The number of thiol groups is 1. The van der Waals surface area contributed by atoms with Crippen LogP contribution in [-0.4, -0.2) is 41.2 Å². The summed E-state index contributed by atoms with van der Waals surface area (Å²) in [6.07, 6.45) is 1.60. The van der Waals surface area contributed by atoms with Crippen LogP contribution in [0.15, 0.2) is 64.9 Å². The van der Waals surface area contributed by atoms with Gasteiger partial charge in [-0.2, -0.15) is 11.3 Å².